The molecular weight excluding hydrogens is 489 g/mol. The van der Waals surface area contributed by atoms with E-state index in [-0.39, 0.29) is 28.8 Å². The molecule has 0 heterocycles. The van der Waals surface area contributed by atoms with Crippen LogP contribution in [-0.4, -0.2) is 29.7 Å². The third kappa shape index (κ3) is 6.09. The Hall–Kier alpha value is -4.07. The number of phenols is 1. The fourth-order valence-corrected chi connectivity index (χ4v) is 3.59. The maximum atomic E-state index is 12.4. The zero-order valence-electron chi connectivity index (χ0n) is 18.2. The number of aromatic hydroxyl groups is 1. The second-order valence-electron chi connectivity index (χ2n) is 7.40. The minimum absolute atomic E-state index is 0.0730. The number of nitrogens with one attached hydrogen (secondary N) is 2. The van der Waals surface area contributed by atoms with Gasteiger partial charge in [0, 0.05) is 27.2 Å². The molecule has 7 nitrogen and oxygen atoms in total. The first-order valence-corrected chi connectivity index (χ1v) is 11.2. The van der Waals surface area contributed by atoms with Crippen LogP contribution in [0.3, 0.4) is 0 Å². The summed E-state index contributed by atoms with van der Waals surface area (Å²) in [5, 5.41) is 18.7. The highest BCUT2D eigenvalue weighted by Crippen LogP contribution is 2.26. The fourth-order valence-electron chi connectivity index (χ4n) is 3.28. The van der Waals surface area contributed by atoms with E-state index in [1.165, 1.54) is 24.4 Å². The minimum atomic E-state index is -0.475. The summed E-state index contributed by atoms with van der Waals surface area (Å²) in [6.07, 6.45) is 1.51. The zero-order valence-corrected chi connectivity index (χ0v) is 19.7. The Kier molecular flexibility index (Phi) is 7.50. The molecule has 4 aromatic carbocycles. The van der Waals surface area contributed by atoms with Gasteiger partial charge in [0.05, 0.1) is 11.2 Å². The van der Waals surface area contributed by atoms with Gasteiger partial charge in [-0.25, -0.2) is 5.43 Å². The van der Waals surface area contributed by atoms with Gasteiger partial charge in [-0.05, 0) is 53.9 Å². The third-order valence-electron chi connectivity index (χ3n) is 5.00. The molecule has 0 aliphatic rings. The Morgan fingerprint density at radius 3 is 2.43 bits per heavy atom. The van der Waals surface area contributed by atoms with Gasteiger partial charge in [-0.2, -0.15) is 5.10 Å². The van der Waals surface area contributed by atoms with Gasteiger partial charge < -0.3 is 15.2 Å². The summed E-state index contributed by atoms with van der Waals surface area (Å²) in [5.41, 5.74) is 4.05. The highest BCUT2D eigenvalue weighted by Gasteiger charge is 2.10. The molecule has 0 saturated heterocycles. The van der Waals surface area contributed by atoms with E-state index in [4.69, 9.17) is 27.9 Å². The maximum absolute atomic E-state index is 12.4. The molecule has 0 radical (unpaired) electrons. The van der Waals surface area contributed by atoms with Crippen LogP contribution in [0, 0.1) is 0 Å². The van der Waals surface area contributed by atoms with Crippen molar-refractivity contribution in [1.29, 1.82) is 0 Å². The zero-order chi connectivity index (χ0) is 24.8. The molecule has 35 heavy (non-hydrogen) atoms. The molecule has 0 aliphatic carbocycles. The summed E-state index contributed by atoms with van der Waals surface area (Å²) in [7, 11) is 0. The van der Waals surface area contributed by atoms with Crippen molar-refractivity contribution in [3.63, 3.8) is 0 Å². The van der Waals surface area contributed by atoms with Crippen molar-refractivity contribution in [2.45, 2.75) is 0 Å². The second-order valence-corrected chi connectivity index (χ2v) is 8.25. The number of carbonyl (C=O) groups excluding carboxylic acids is 2. The Morgan fingerprint density at radius 2 is 1.69 bits per heavy atom. The Bertz CT molecular complexity index is 1420. The van der Waals surface area contributed by atoms with Gasteiger partial charge in [0.2, 0.25) is 0 Å². The molecule has 0 fully saturated rings. The van der Waals surface area contributed by atoms with Gasteiger partial charge in [-0.3, -0.25) is 9.59 Å². The Morgan fingerprint density at radius 1 is 0.943 bits per heavy atom. The van der Waals surface area contributed by atoms with E-state index in [1.54, 1.807) is 36.4 Å². The van der Waals surface area contributed by atoms with Crippen LogP contribution < -0.4 is 15.5 Å². The number of carbonyl (C=O) groups is 2. The topological polar surface area (TPSA) is 100 Å². The molecule has 176 valence electrons. The first-order valence-electron chi connectivity index (χ1n) is 10.4. The normalized spacial score (nSPS) is 10.9. The summed E-state index contributed by atoms with van der Waals surface area (Å²) >= 11 is 11.7. The molecule has 0 aliphatic heterocycles. The number of benzene rings is 4. The van der Waals surface area contributed by atoms with E-state index >= 15 is 0 Å². The summed E-state index contributed by atoms with van der Waals surface area (Å²) in [4.78, 5) is 24.7. The van der Waals surface area contributed by atoms with Gasteiger partial charge in [-0.1, -0.05) is 53.5 Å². The van der Waals surface area contributed by atoms with E-state index in [0.717, 1.165) is 16.3 Å². The molecule has 0 atom stereocenters. The summed E-state index contributed by atoms with van der Waals surface area (Å²) in [6, 6.07) is 21.9. The van der Waals surface area contributed by atoms with Crippen LogP contribution in [0.4, 0.5) is 5.69 Å². The lowest BCUT2D eigenvalue weighted by molar-refractivity contribution is -0.118. The largest absolute Gasteiger partial charge is 0.506 e. The molecule has 9 heteroatoms. The predicted molar refractivity (Wildman–Crippen MR) is 138 cm³/mol. The Balaban J connectivity index is 1.45. The second kappa shape index (κ2) is 10.9. The van der Waals surface area contributed by atoms with Crippen molar-refractivity contribution in [3.8, 4) is 11.5 Å². The number of amides is 2. The molecular formula is C26H19Cl2N3O4. The summed E-state index contributed by atoms with van der Waals surface area (Å²) in [6.45, 7) is -0.160. The van der Waals surface area contributed by atoms with Crippen LogP contribution in [0.5, 0.6) is 11.5 Å². The number of hydrazone groups is 1. The number of fused-ring (bicyclic) bond motifs is 1. The molecule has 0 bridgehead atoms. The molecule has 4 rings (SSSR count). The maximum Gasteiger partial charge on any atom is 0.271 e. The van der Waals surface area contributed by atoms with Gasteiger partial charge >= 0.3 is 0 Å². The summed E-state index contributed by atoms with van der Waals surface area (Å²) in [5.74, 6) is -0.358. The monoisotopic (exact) mass is 507 g/mol. The number of ether oxygens (including phenoxy) is 1. The quantitative estimate of drug-likeness (QED) is 0.222. The average molecular weight is 508 g/mol. The standard InChI is InChI=1S/C26H19Cl2N3O4/c27-18-7-9-19(10-8-18)35-15-25(33)30-23-11-5-17(20-3-1-2-4-21(20)23)14-29-31-26(34)16-6-12-24(32)22(28)13-16/h1-14,32H,15H2,(H,30,33)(H,31,34). The number of hydrogen-bond acceptors (Lipinski definition) is 5. The third-order valence-corrected chi connectivity index (χ3v) is 5.55. The van der Waals surface area contributed by atoms with Gasteiger partial charge in [0.25, 0.3) is 11.8 Å². The van der Waals surface area contributed by atoms with Crippen molar-refractivity contribution in [2.24, 2.45) is 5.10 Å². The van der Waals surface area contributed by atoms with Crippen LogP contribution in [0.2, 0.25) is 10.0 Å². The number of nitrogens with zero attached hydrogens (tertiary/aromatic N) is 1. The predicted octanol–water partition coefficient (Wildman–Crippen LogP) is 5.63. The van der Waals surface area contributed by atoms with E-state index in [2.05, 4.69) is 15.8 Å². The fraction of sp³-hybridized carbons (Fsp3) is 0.0385. The number of halogens is 2. The van der Waals surface area contributed by atoms with Crippen LogP contribution in [0.1, 0.15) is 15.9 Å². The van der Waals surface area contributed by atoms with Crippen LogP contribution in [-0.2, 0) is 4.79 Å². The lowest BCUT2D eigenvalue weighted by atomic mass is 10.0. The Labute approximate surface area is 210 Å². The lowest BCUT2D eigenvalue weighted by Gasteiger charge is -2.11. The van der Waals surface area contributed by atoms with Gasteiger partial charge in [0.15, 0.2) is 6.61 Å². The van der Waals surface area contributed by atoms with Gasteiger partial charge in [-0.15, -0.1) is 0 Å². The molecule has 4 aromatic rings. The molecule has 3 N–H and O–H groups in total. The van der Waals surface area contributed by atoms with Crippen molar-refractivity contribution < 1.29 is 19.4 Å². The SMILES string of the molecule is O=C(COc1ccc(Cl)cc1)Nc1ccc(C=NNC(=O)c2ccc(O)c(Cl)c2)c2ccccc12. The number of phenolic OH excluding ortho intramolecular Hbond substituents is 1. The molecule has 0 unspecified atom stereocenters. The molecule has 0 aromatic heterocycles. The minimum Gasteiger partial charge on any atom is -0.506 e. The van der Waals surface area contributed by atoms with E-state index < -0.39 is 5.91 Å². The van der Waals surface area contributed by atoms with E-state index in [1.807, 2.05) is 24.3 Å². The number of rotatable bonds is 7. The lowest BCUT2D eigenvalue weighted by Crippen LogP contribution is -2.20. The van der Waals surface area contributed by atoms with Crippen molar-refractivity contribution in [2.75, 3.05) is 11.9 Å². The number of anilines is 1. The van der Waals surface area contributed by atoms with E-state index in [0.29, 0.717) is 16.5 Å². The number of hydrogen-bond donors (Lipinski definition) is 3. The van der Waals surface area contributed by atoms with Crippen molar-refractivity contribution in [1.82, 2.24) is 5.43 Å². The summed E-state index contributed by atoms with van der Waals surface area (Å²) < 4.78 is 5.50. The van der Waals surface area contributed by atoms with Crippen LogP contribution in [0.15, 0.2) is 84.0 Å². The van der Waals surface area contributed by atoms with Crippen LogP contribution in [0.25, 0.3) is 10.8 Å². The smallest absolute Gasteiger partial charge is 0.271 e. The van der Waals surface area contributed by atoms with Crippen molar-refractivity contribution in [3.05, 3.63) is 100 Å². The first kappa shape index (κ1) is 24.1. The van der Waals surface area contributed by atoms with Crippen molar-refractivity contribution >= 4 is 57.7 Å². The molecule has 0 spiro atoms. The highest BCUT2D eigenvalue weighted by molar-refractivity contribution is 6.32. The van der Waals surface area contributed by atoms with Gasteiger partial charge in [0.1, 0.15) is 11.5 Å². The molecule has 2 amide bonds. The highest BCUT2D eigenvalue weighted by atomic mass is 35.5. The van der Waals surface area contributed by atoms with Crippen LogP contribution >= 0.6 is 23.2 Å². The first-order chi connectivity index (χ1) is 16.9. The average Bonchev–Trinajstić information content (AvgIpc) is 2.86. The van der Waals surface area contributed by atoms with E-state index in [9.17, 15) is 14.7 Å². The molecule has 0 saturated carbocycles.